The van der Waals surface area contributed by atoms with E-state index in [1.807, 2.05) is 0 Å². The van der Waals surface area contributed by atoms with Gasteiger partial charge in [-0.1, -0.05) is 35.4 Å². The van der Waals surface area contributed by atoms with Crippen LogP contribution < -0.4 is 11.1 Å². The average Bonchev–Trinajstić information content (AvgIpc) is 3.00. The molecule has 0 radical (unpaired) electrons. The maximum absolute atomic E-state index is 12.0. The summed E-state index contributed by atoms with van der Waals surface area (Å²) in [5.41, 5.74) is 5.99. The van der Waals surface area contributed by atoms with E-state index in [0.29, 0.717) is 25.1 Å². The van der Waals surface area contributed by atoms with Crippen molar-refractivity contribution < 1.29 is 4.79 Å². The molecule has 1 aromatic heterocycles. The van der Waals surface area contributed by atoms with Crippen molar-refractivity contribution in [2.75, 3.05) is 0 Å². The highest BCUT2D eigenvalue weighted by Crippen LogP contribution is 2.34. The number of hydrogen-bond acceptors (Lipinski definition) is 3. The van der Waals surface area contributed by atoms with Gasteiger partial charge in [-0.3, -0.25) is 4.79 Å². The fraction of sp³-hybridized carbons (Fsp3) is 0.400. The number of carbonyl (C=O) groups excluding carboxylic acids is 1. The van der Waals surface area contributed by atoms with Crippen LogP contribution in [0.3, 0.4) is 0 Å². The van der Waals surface area contributed by atoms with Gasteiger partial charge in [0, 0.05) is 0 Å². The summed E-state index contributed by atoms with van der Waals surface area (Å²) in [5, 5.41) is 2.81. The smallest absolute Gasteiger partial charge is 0.254 e. The third-order valence-electron chi connectivity index (χ3n) is 2.59. The molecule has 1 saturated carbocycles. The first-order valence-electron chi connectivity index (χ1n) is 5.04. The molecule has 1 aromatic rings. The van der Waals surface area contributed by atoms with Crippen molar-refractivity contribution in [1.29, 1.82) is 0 Å². The molecule has 3 nitrogen and oxygen atoms in total. The van der Waals surface area contributed by atoms with Crippen LogP contribution in [-0.2, 0) is 0 Å². The molecule has 1 atom stereocenters. The lowest BCUT2D eigenvalue weighted by atomic mass is 10.1. The second-order valence-corrected chi connectivity index (χ2v) is 6.69. The van der Waals surface area contributed by atoms with E-state index in [1.165, 1.54) is 0 Å². The summed E-state index contributed by atoms with van der Waals surface area (Å²) < 4.78 is 0.864. The minimum absolute atomic E-state index is 0.243. The second kappa shape index (κ2) is 5.10. The standard InChI is InChI=1S/C10H10Cl2N2OS2/c11-6-3-5(8(12)17-6)10(15)14-7(9(13)16)4-1-2-4/h3-4,7H,1-2H2,(H2,13,16)(H,14,15). The Kier molecular flexibility index (Phi) is 3.92. The Morgan fingerprint density at radius 2 is 2.24 bits per heavy atom. The largest absolute Gasteiger partial charge is 0.392 e. The number of carbonyl (C=O) groups is 1. The summed E-state index contributed by atoms with van der Waals surface area (Å²) in [7, 11) is 0. The van der Waals surface area contributed by atoms with Crippen molar-refractivity contribution in [3.63, 3.8) is 0 Å². The maximum atomic E-state index is 12.0. The number of thiocarbonyl (C=S) groups is 1. The monoisotopic (exact) mass is 308 g/mol. The van der Waals surface area contributed by atoms with Gasteiger partial charge >= 0.3 is 0 Å². The molecule has 0 saturated heterocycles. The number of rotatable bonds is 4. The SMILES string of the molecule is NC(=S)C(NC(=O)c1cc(Cl)sc1Cl)C1CC1. The molecule has 92 valence electrons. The van der Waals surface area contributed by atoms with Gasteiger partial charge in [0.15, 0.2) is 0 Å². The van der Waals surface area contributed by atoms with Gasteiger partial charge in [-0.05, 0) is 24.8 Å². The average molecular weight is 309 g/mol. The molecular weight excluding hydrogens is 299 g/mol. The minimum atomic E-state index is -0.275. The Balaban J connectivity index is 2.10. The third-order valence-corrected chi connectivity index (χ3v) is 4.33. The van der Waals surface area contributed by atoms with E-state index in [-0.39, 0.29) is 11.9 Å². The maximum Gasteiger partial charge on any atom is 0.254 e. The molecule has 0 aromatic carbocycles. The number of amides is 1. The summed E-state index contributed by atoms with van der Waals surface area (Å²) in [4.78, 5) is 12.3. The number of thiophene rings is 1. The zero-order chi connectivity index (χ0) is 12.6. The number of halogens is 2. The lowest BCUT2D eigenvalue weighted by Crippen LogP contribution is -2.44. The molecular formula is C10H10Cl2N2OS2. The molecule has 7 heteroatoms. The van der Waals surface area contributed by atoms with Gasteiger partial charge in [-0.25, -0.2) is 0 Å². The first-order chi connectivity index (χ1) is 7.99. The van der Waals surface area contributed by atoms with Crippen molar-refractivity contribution in [3.05, 3.63) is 20.3 Å². The number of nitrogens with two attached hydrogens (primary N) is 1. The summed E-state index contributed by atoms with van der Waals surface area (Å²) >= 11 is 17.8. The predicted octanol–water partition coefficient (Wildman–Crippen LogP) is 2.85. The van der Waals surface area contributed by atoms with Crippen LogP contribution >= 0.6 is 46.8 Å². The lowest BCUT2D eigenvalue weighted by Gasteiger charge is -2.16. The van der Waals surface area contributed by atoms with Crippen molar-refractivity contribution in [3.8, 4) is 0 Å². The summed E-state index contributed by atoms with van der Waals surface area (Å²) in [6.45, 7) is 0. The highest BCUT2D eigenvalue weighted by molar-refractivity contribution is 7.80. The van der Waals surface area contributed by atoms with Crippen molar-refractivity contribution in [2.45, 2.75) is 18.9 Å². The number of nitrogens with one attached hydrogen (secondary N) is 1. The van der Waals surface area contributed by atoms with Crippen LogP contribution in [0.5, 0.6) is 0 Å². The molecule has 17 heavy (non-hydrogen) atoms. The molecule has 2 rings (SSSR count). The van der Waals surface area contributed by atoms with Crippen LogP contribution in [0.15, 0.2) is 6.07 Å². The molecule has 1 amide bonds. The van der Waals surface area contributed by atoms with Gasteiger partial charge in [0.2, 0.25) is 0 Å². The van der Waals surface area contributed by atoms with E-state index in [2.05, 4.69) is 5.32 Å². The topological polar surface area (TPSA) is 55.1 Å². The van der Waals surface area contributed by atoms with Crippen LogP contribution in [0.4, 0.5) is 0 Å². The van der Waals surface area contributed by atoms with Crippen molar-refractivity contribution >= 4 is 57.7 Å². The van der Waals surface area contributed by atoms with E-state index in [0.717, 1.165) is 24.2 Å². The van der Waals surface area contributed by atoms with Crippen LogP contribution in [0.25, 0.3) is 0 Å². The van der Waals surface area contributed by atoms with E-state index >= 15 is 0 Å². The molecule has 1 heterocycles. The van der Waals surface area contributed by atoms with Gasteiger partial charge in [0.25, 0.3) is 5.91 Å². The van der Waals surface area contributed by atoms with Gasteiger partial charge < -0.3 is 11.1 Å². The van der Waals surface area contributed by atoms with E-state index in [1.54, 1.807) is 6.07 Å². The van der Waals surface area contributed by atoms with E-state index < -0.39 is 0 Å². The van der Waals surface area contributed by atoms with Gasteiger partial charge in [0.1, 0.15) is 4.34 Å². The zero-order valence-corrected chi connectivity index (χ0v) is 11.8. The molecule has 1 fully saturated rings. The van der Waals surface area contributed by atoms with Crippen LogP contribution in [0, 0.1) is 5.92 Å². The Morgan fingerprint density at radius 1 is 1.59 bits per heavy atom. The molecule has 1 aliphatic rings. The van der Waals surface area contributed by atoms with E-state index in [4.69, 9.17) is 41.2 Å². The summed E-state index contributed by atoms with van der Waals surface area (Å²) in [6, 6.07) is 1.31. The van der Waals surface area contributed by atoms with Gasteiger partial charge in [0.05, 0.1) is 20.9 Å². The molecule has 0 aliphatic heterocycles. The highest BCUT2D eigenvalue weighted by atomic mass is 35.5. The molecule has 1 aliphatic carbocycles. The zero-order valence-electron chi connectivity index (χ0n) is 8.70. The van der Waals surface area contributed by atoms with Crippen molar-refractivity contribution in [1.82, 2.24) is 5.32 Å². The van der Waals surface area contributed by atoms with Gasteiger partial charge in [-0.15, -0.1) is 11.3 Å². The Labute approximate surface area is 118 Å². The van der Waals surface area contributed by atoms with Crippen LogP contribution in [0.2, 0.25) is 8.67 Å². The Bertz CT molecular complexity index is 471. The van der Waals surface area contributed by atoms with Crippen LogP contribution in [0.1, 0.15) is 23.2 Å². The van der Waals surface area contributed by atoms with Crippen molar-refractivity contribution in [2.24, 2.45) is 11.7 Å². The van der Waals surface area contributed by atoms with Gasteiger partial charge in [-0.2, -0.15) is 0 Å². The summed E-state index contributed by atoms with van der Waals surface area (Å²) in [6.07, 6.45) is 2.08. The molecule has 3 N–H and O–H groups in total. The first-order valence-corrected chi connectivity index (χ1v) is 7.02. The fourth-order valence-corrected chi connectivity index (χ4v) is 3.27. The molecule has 0 bridgehead atoms. The summed E-state index contributed by atoms with van der Waals surface area (Å²) in [5.74, 6) is 0.0900. The highest BCUT2D eigenvalue weighted by Gasteiger charge is 2.34. The van der Waals surface area contributed by atoms with E-state index in [9.17, 15) is 4.79 Å². The lowest BCUT2D eigenvalue weighted by molar-refractivity contribution is 0.0944. The normalized spacial score (nSPS) is 16.6. The number of hydrogen-bond donors (Lipinski definition) is 2. The second-order valence-electron chi connectivity index (χ2n) is 3.93. The minimum Gasteiger partial charge on any atom is -0.392 e. The fourth-order valence-electron chi connectivity index (χ4n) is 1.56. The Morgan fingerprint density at radius 3 is 2.65 bits per heavy atom. The third kappa shape index (κ3) is 3.10. The molecule has 0 spiro atoms. The van der Waals surface area contributed by atoms with Crippen LogP contribution in [-0.4, -0.2) is 16.9 Å². The molecule has 1 unspecified atom stereocenters. The quantitative estimate of drug-likeness (QED) is 0.841. The first kappa shape index (κ1) is 13.1. The Hall–Kier alpha value is -0.360. The predicted molar refractivity (Wildman–Crippen MR) is 75.1 cm³/mol.